The summed E-state index contributed by atoms with van der Waals surface area (Å²) in [5.41, 5.74) is 0.583. The molecule has 5 rings (SSSR count). The summed E-state index contributed by atoms with van der Waals surface area (Å²) in [6.07, 6.45) is 8.82. The normalized spacial score (nSPS) is 31.9. The molecule has 4 aliphatic rings. The topological polar surface area (TPSA) is 81.2 Å². The number of rotatable bonds is 6. The van der Waals surface area contributed by atoms with Crippen molar-refractivity contribution < 1.29 is 19.5 Å². The monoisotopic (exact) mass is 543 g/mol. The Morgan fingerprint density at radius 3 is 2.54 bits per heavy atom. The number of fused-ring (bicyclic) bond motifs is 2. The van der Waals surface area contributed by atoms with Gasteiger partial charge in [-0.2, -0.15) is 0 Å². The van der Waals surface area contributed by atoms with Gasteiger partial charge < -0.3 is 19.8 Å². The second-order valence-corrected chi connectivity index (χ2v) is 12.5. The molecule has 0 radical (unpaired) electrons. The molecule has 2 fully saturated rings. The molecule has 1 aromatic carbocycles. The van der Waals surface area contributed by atoms with Crippen LogP contribution in [-0.2, 0) is 14.4 Å². The molecule has 1 N–H and O–H groups in total. The molecule has 2 saturated heterocycles. The fourth-order valence-electron chi connectivity index (χ4n) is 6.46. The summed E-state index contributed by atoms with van der Waals surface area (Å²) in [7, 11) is 0. The molecule has 0 bridgehead atoms. The number of aliphatic hydroxyl groups excluding tert-OH is 1. The number of amides is 3. The number of nitrogens with zero attached hydrogens (tertiary/aromatic N) is 3. The first-order valence-corrected chi connectivity index (χ1v) is 14.3. The number of benzene rings is 1. The number of halogens is 1. The summed E-state index contributed by atoms with van der Waals surface area (Å²) in [5.74, 6) is -1.83. The van der Waals surface area contributed by atoms with Crippen LogP contribution >= 0.6 is 23.4 Å². The van der Waals surface area contributed by atoms with Gasteiger partial charge in [0.15, 0.2) is 0 Å². The number of hydrogen-bond donors (Lipinski definition) is 1. The highest BCUT2D eigenvalue weighted by Crippen LogP contribution is 2.61. The zero-order chi connectivity index (χ0) is 26.5. The molecule has 1 unspecified atom stereocenters. The maximum absolute atomic E-state index is 14.5. The van der Waals surface area contributed by atoms with Crippen molar-refractivity contribution in [2.24, 2.45) is 17.8 Å². The molecule has 37 heavy (non-hydrogen) atoms. The fourth-order valence-corrected chi connectivity index (χ4v) is 8.70. The number of carbonyl (C=O) groups excluding carboxylic acids is 3. The number of hydrogen-bond acceptors (Lipinski definition) is 5. The quantitative estimate of drug-likeness (QED) is 0.556. The zero-order valence-electron chi connectivity index (χ0n) is 21.4. The lowest BCUT2D eigenvalue weighted by atomic mass is 9.78. The van der Waals surface area contributed by atoms with Crippen LogP contribution in [0.25, 0.3) is 0 Å². The van der Waals surface area contributed by atoms with Crippen LogP contribution in [0, 0.1) is 17.8 Å². The molecule has 9 heteroatoms. The van der Waals surface area contributed by atoms with Crippen molar-refractivity contribution in [1.29, 1.82) is 0 Å². The molecule has 1 spiro atoms. The number of carbonyl (C=O) groups is 3. The van der Waals surface area contributed by atoms with Gasteiger partial charge in [0.25, 0.3) is 5.91 Å². The standard InChI is InChI=1S/C28H34ClN3O4S/c1-4-13-30-14-7-11-21-22(25(30)34)23-26(35)32(20(16-33)17(2)3)24-27(36)31(15-8-12-28(23,24)37-21)19-10-6-5-9-18(19)29/h5-12,17,20-24,33H,4,13-16H2,1-3H3/t20-,21+,22-,23-,24?,28-/m0/s1. The Balaban J connectivity index is 1.66. The summed E-state index contributed by atoms with van der Waals surface area (Å²) in [6, 6.07) is 5.78. The number of aliphatic hydroxyl groups is 1. The van der Waals surface area contributed by atoms with E-state index in [9.17, 15) is 19.5 Å². The summed E-state index contributed by atoms with van der Waals surface area (Å²) >= 11 is 8.07. The van der Waals surface area contributed by atoms with E-state index in [-0.39, 0.29) is 35.5 Å². The van der Waals surface area contributed by atoms with Crippen molar-refractivity contribution in [2.75, 3.05) is 31.1 Å². The largest absolute Gasteiger partial charge is 0.394 e. The van der Waals surface area contributed by atoms with E-state index in [1.54, 1.807) is 33.7 Å². The van der Waals surface area contributed by atoms with Gasteiger partial charge in [0.1, 0.15) is 6.04 Å². The predicted octanol–water partition coefficient (Wildman–Crippen LogP) is 3.37. The molecule has 4 aliphatic heterocycles. The van der Waals surface area contributed by atoms with E-state index >= 15 is 0 Å². The predicted molar refractivity (Wildman–Crippen MR) is 146 cm³/mol. The van der Waals surface area contributed by atoms with Gasteiger partial charge in [-0.1, -0.05) is 68.8 Å². The molecular formula is C28H34ClN3O4S. The number of anilines is 1. The molecule has 6 atom stereocenters. The lowest BCUT2D eigenvalue weighted by molar-refractivity contribution is -0.145. The van der Waals surface area contributed by atoms with Gasteiger partial charge in [0.05, 0.1) is 39.9 Å². The zero-order valence-corrected chi connectivity index (χ0v) is 23.0. The Hall–Kier alpha value is -2.29. The van der Waals surface area contributed by atoms with Crippen molar-refractivity contribution in [2.45, 2.75) is 49.3 Å². The van der Waals surface area contributed by atoms with Crippen molar-refractivity contribution in [1.82, 2.24) is 9.80 Å². The van der Waals surface area contributed by atoms with E-state index in [0.29, 0.717) is 30.3 Å². The number of likely N-dealkylation sites (tertiary alicyclic amines) is 1. The van der Waals surface area contributed by atoms with Crippen LogP contribution in [0.15, 0.2) is 48.6 Å². The van der Waals surface area contributed by atoms with Crippen LogP contribution in [0.5, 0.6) is 0 Å². The van der Waals surface area contributed by atoms with E-state index in [2.05, 4.69) is 0 Å². The van der Waals surface area contributed by atoms with Crippen LogP contribution in [0.3, 0.4) is 0 Å². The average molecular weight is 544 g/mol. The molecule has 198 valence electrons. The van der Waals surface area contributed by atoms with E-state index in [0.717, 1.165) is 6.42 Å². The summed E-state index contributed by atoms with van der Waals surface area (Å²) in [4.78, 5) is 47.8. The second-order valence-electron chi connectivity index (χ2n) is 10.6. The highest BCUT2D eigenvalue weighted by molar-refractivity contribution is 8.02. The summed E-state index contributed by atoms with van der Waals surface area (Å²) < 4.78 is -0.920. The van der Waals surface area contributed by atoms with E-state index < -0.39 is 28.7 Å². The first kappa shape index (κ1) is 26.3. The Kier molecular flexibility index (Phi) is 7.20. The Bertz CT molecular complexity index is 1160. The van der Waals surface area contributed by atoms with Gasteiger partial charge in [-0.05, 0) is 24.5 Å². The smallest absolute Gasteiger partial charge is 0.251 e. The molecule has 4 heterocycles. The van der Waals surface area contributed by atoms with E-state index in [4.69, 9.17) is 11.6 Å². The molecule has 0 aliphatic carbocycles. The van der Waals surface area contributed by atoms with Gasteiger partial charge in [0, 0.05) is 24.9 Å². The number of thioether (sulfide) groups is 1. The van der Waals surface area contributed by atoms with Crippen molar-refractivity contribution in [3.8, 4) is 0 Å². The maximum atomic E-state index is 14.5. The highest BCUT2D eigenvalue weighted by atomic mass is 35.5. The van der Waals surface area contributed by atoms with Crippen LogP contribution < -0.4 is 4.90 Å². The minimum Gasteiger partial charge on any atom is -0.394 e. The Labute approximate surface area is 227 Å². The molecule has 7 nitrogen and oxygen atoms in total. The van der Waals surface area contributed by atoms with Gasteiger partial charge in [-0.25, -0.2) is 0 Å². The van der Waals surface area contributed by atoms with Gasteiger partial charge in [-0.15, -0.1) is 11.8 Å². The van der Waals surface area contributed by atoms with Crippen LogP contribution in [-0.4, -0.2) is 80.9 Å². The molecule has 1 aromatic rings. The second kappa shape index (κ2) is 10.1. The molecule has 3 amide bonds. The Morgan fingerprint density at radius 2 is 1.86 bits per heavy atom. The first-order valence-electron chi connectivity index (χ1n) is 13.1. The minimum atomic E-state index is -0.920. The first-order chi connectivity index (χ1) is 17.8. The minimum absolute atomic E-state index is 0.0293. The number of para-hydroxylation sites is 1. The van der Waals surface area contributed by atoms with Crippen molar-refractivity contribution in [3.63, 3.8) is 0 Å². The summed E-state index contributed by atoms with van der Waals surface area (Å²) in [6.45, 7) is 7.11. The van der Waals surface area contributed by atoms with Gasteiger partial charge >= 0.3 is 0 Å². The molecular weight excluding hydrogens is 510 g/mol. The average Bonchev–Trinajstić information content (AvgIpc) is 3.18. The molecule has 0 aromatic heterocycles. The summed E-state index contributed by atoms with van der Waals surface area (Å²) in [5, 5.41) is 10.6. The van der Waals surface area contributed by atoms with Gasteiger partial charge in [-0.3, -0.25) is 14.4 Å². The van der Waals surface area contributed by atoms with Crippen LogP contribution in [0.4, 0.5) is 5.69 Å². The lowest BCUT2D eigenvalue weighted by Gasteiger charge is -2.39. The lowest BCUT2D eigenvalue weighted by Crippen LogP contribution is -2.57. The highest BCUT2D eigenvalue weighted by Gasteiger charge is 2.72. The van der Waals surface area contributed by atoms with E-state index in [1.165, 1.54) is 0 Å². The van der Waals surface area contributed by atoms with Crippen LogP contribution in [0.1, 0.15) is 27.2 Å². The fraction of sp³-hybridized carbons (Fsp3) is 0.536. The maximum Gasteiger partial charge on any atom is 0.251 e. The van der Waals surface area contributed by atoms with Crippen molar-refractivity contribution in [3.05, 3.63) is 53.6 Å². The third-order valence-corrected chi connectivity index (χ3v) is 10.2. The Morgan fingerprint density at radius 1 is 1.11 bits per heavy atom. The van der Waals surface area contributed by atoms with Crippen molar-refractivity contribution >= 4 is 46.8 Å². The third kappa shape index (κ3) is 4.03. The SMILES string of the molecule is CCCN1CC=C[C@H]2S[C@]34C=CCN(c5ccccc5Cl)C(=O)C3N([C@@H](CO)C(C)C)C(=O)[C@@H]4[C@H]2C1=O. The molecule has 0 saturated carbocycles. The van der Waals surface area contributed by atoms with E-state index in [1.807, 2.05) is 62.1 Å². The third-order valence-electron chi connectivity index (χ3n) is 8.13. The van der Waals surface area contributed by atoms with Crippen LogP contribution in [0.2, 0.25) is 5.02 Å². The van der Waals surface area contributed by atoms with Gasteiger partial charge in [0.2, 0.25) is 11.8 Å².